The fourth-order valence-electron chi connectivity index (χ4n) is 2.43. The maximum absolute atomic E-state index is 12.0. The monoisotopic (exact) mass is 276 g/mol. The first kappa shape index (κ1) is 14.8. The normalized spacial score (nSPS) is 16.1. The first-order valence-corrected chi connectivity index (χ1v) is 7.28. The number of benzene rings is 1. The number of nitrogens with one attached hydrogen (secondary N) is 1. The van der Waals surface area contributed by atoms with Crippen LogP contribution in [0.4, 0.5) is 4.79 Å². The fraction of sp³-hybridized carbons (Fsp3) is 0.533. The maximum Gasteiger partial charge on any atom is 0.317 e. The molecule has 1 fully saturated rings. The molecule has 2 rings (SSSR count). The fourth-order valence-corrected chi connectivity index (χ4v) is 2.43. The number of piperazine rings is 1. The van der Waals surface area contributed by atoms with Crippen molar-refractivity contribution in [3.8, 4) is 0 Å². The van der Waals surface area contributed by atoms with E-state index in [4.69, 9.17) is 5.73 Å². The third kappa shape index (κ3) is 4.51. The highest BCUT2D eigenvalue weighted by Crippen LogP contribution is 2.02. The van der Waals surface area contributed by atoms with Crippen molar-refractivity contribution in [2.24, 2.45) is 5.73 Å². The van der Waals surface area contributed by atoms with E-state index in [2.05, 4.69) is 22.3 Å². The van der Waals surface area contributed by atoms with E-state index in [1.54, 1.807) is 0 Å². The Bertz CT molecular complexity index is 402. The summed E-state index contributed by atoms with van der Waals surface area (Å²) in [5, 5.41) is 2.99. The van der Waals surface area contributed by atoms with Gasteiger partial charge in [-0.2, -0.15) is 0 Å². The first-order valence-electron chi connectivity index (χ1n) is 7.28. The zero-order valence-corrected chi connectivity index (χ0v) is 11.9. The van der Waals surface area contributed by atoms with Crippen molar-refractivity contribution in [3.05, 3.63) is 35.9 Å². The molecule has 0 bridgehead atoms. The zero-order valence-electron chi connectivity index (χ0n) is 11.9. The largest absolute Gasteiger partial charge is 0.338 e. The molecule has 110 valence electrons. The molecular weight excluding hydrogens is 252 g/mol. The topological polar surface area (TPSA) is 61.6 Å². The van der Waals surface area contributed by atoms with Crippen molar-refractivity contribution in [2.75, 3.05) is 45.8 Å². The number of carbonyl (C=O) groups excluding carboxylic acids is 1. The molecule has 1 aromatic rings. The summed E-state index contributed by atoms with van der Waals surface area (Å²) in [6.45, 7) is 5.71. The predicted octanol–water partition coefficient (Wildman–Crippen LogP) is 0.515. The van der Waals surface area contributed by atoms with Crippen LogP contribution in [0.5, 0.6) is 0 Å². The third-order valence-corrected chi connectivity index (χ3v) is 3.64. The van der Waals surface area contributed by atoms with Crippen molar-refractivity contribution >= 4 is 6.03 Å². The van der Waals surface area contributed by atoms with E-state index in [1.165, 1.54) is 5.56 Å². The van der Waals surface area contributed by atoms with Crippen LogP contribution < -0.4 is 11.1 Å². The number of urea groups is 1. The lowest BCUT2D eigenvalue weighted by molar-refractivity contribution is 0.141. The van der Waals surface area contributed by atoms with E-state index in [0.717, 1.165) is 39.1 Å². The van der Waals surface area contributed by atoms with Crippen LogP contribution in [-0.2, 0) is 6.42 Å². The summed E-state index contributed by atoms with van der Waals surface area (Å²) in [7, 11) is 0. The summed E-state index contributed by atoms with van der Waals surface area (Å²) < 4.78 is 0. The standard InChI is InChI=1S/C15H24N4O/c16-7-9-18-10-12-19(13-11-18)15(20)17-8-6-14-4-2-1-3-5-14/h1-5H,6-13,16H2,(H,17,20). The van der Waals surface area contributed by atoms with Gasteiger partial charge in [0.1, 0.15) is 0 Å². The minimum Gasteiger partial charge on any atom is -0.338 e. The highest BCUT2D eigenvalue weighted by molar-refractivity contribution is 5.74. The van der Waals surface area contributed by atoms with Crippen LogP contribution in [0.15, 0.2) is 30.3 Å². The second-order valence-electron chi connectivity index (χ2n) is 5.08. The van der Waals surface area contributed by atoms with Gasteiger partial charge in [-0.05, 0) is 12.0 Å². The van der Waals surface area contributed by atoms with E-state index < -0.39 is 0 Å². The molecule has 1 aromatic carbocycles. The van der Waals surface area contributed by atoms with Crippen LogP contribution in [0.25, 0.3) is 0 Å². The molecule has 2 amide bonds. The van der Waals surface area contributed by atoms with Crippen LogP contribution in [0.1, 0.15) is 5.56 Å². The molecular formula is C15H24N4O. The van der Waals surface area contributed by atoms with Crippen molar-refractivity contribution in [1.82, 2.24) is 15.1 Å². The van der Waals surface area contributed by atoms with Gasteiger partial charge in [-0.1, -0.05) is 30.3 Å². The predicted molar refractivity (Wildman–Crippen MR) is 80.6 cm³/mol. The van der Waals surface area contributed by atoms with Crippen LogP contribution in [0, 0.1) is 0 Å². The zero-order chi connectivity index (χ0) is 14.2. The molecule has 1 aliphatic heterocycles. The van der Waals surface area contributed by atoms with Crippen molar-refractivity contribution in [2.45, 2.75) is 6.42 Å². The molecule has 0 radical (unpaired) electrons. The van der Waals surface area contributed by atoms with Gasteiger partial charge in [0.05, 0.1) is 0 Å². The molecule has 0 unspecified atom stereocenters. The van der Waals surface area contributed by atoms with Gasteiger partial charge < -0.3 is 16.0 Å². The van der Waals surface area contributed by atoms with Crippen LogP contribution in [0.2, 0.25) is 0 Å². The molecule has 3 N–H and O–H groups in total. The van der Waals surface area contributed by atoms with E-state index in [9.17, 15) is 4.79 Å². The summed E-state index contributed by atoms with van der Waals surface area (Å²) in [4.78, 5) is 16.2. The number of carbonyl (C=O) groups is 1. The van der Waals surface area contributed by atoms with E-state index in [-0.39, 0.29) is 6.03 Å². The molecule has 0 aliphatic carbocycles. The lowest BCUT2D eigenvalue weighted by Gasteiger charge is -2.34. The second kappa shape index (κ2) is 7.87. The number of hydrogen-bond acceptors (Lipinski definition) is 3. The van der Waals surface area contributed by atoms with Gasteiger partial charge in [-0.25, -0.2) is 4.79 Å². The van der Waals surface area contributed by atoms with Crippen LogP contribution in [0.3, 0.4) is 0 Å². The SMILES string of the molecule is NCCN1CCN(C(=O)NCCc2ccccc2)CC1. The van der Waals surface area contributed by atoms with Gasteiger partial charge in [0.15, 0.2) is 0 Å². The van der Waals surface area contributed by atoms with Gasteiger partial charge in [0.25, 0.3) is 0 Å². The van der Waals surface area contributed by atoms with Crippen LogP contribution >= 0.6 is 0 Å². The van der Waals surface area contributed by atoms with Gasteiger partial charge in [0.2, 0.25) is 0 Å². The average molecular weight is 276 g/mol. The van der Waals surface area contributed by atoms with Crippen molar-refractivity contribution in [3.63, 3.8) is 0 Å². The Kier molecular flexibility index (Phi) is 5.83. The second-order valence-corrected chi connectivity index (χ2v) is 5.08. The Balaban J connectivity index is 1.66. The number of rotatable bonds is 5. The maximum atomic E-state index is 12.0. The number of nitrogens with zero attached hydrogens (tertiary/aromatic N) is 2. The molecule has 5 heteroatoms. The minimum atomic E-state index is 0.0494. The van der Waals surface area contributed by atoms with Gasteiger partial charge >= 0.3 is 6.03 Å². The molecule has 20 heavy (non-hydrogen) atoms. The van der Waals surface area contributed by atoms with Crippen molar-refractivity contribution < 1.29 is 4.79 Å². The molecule has 5 nitrogen and oxygen atoms in total. The van der Waals surface area contributed by atoms with Gasteiger partial charge in [-0.3, -0.25) is 4.90 Å². The Hall–Kier alpha value is -1.59. The molecule has 1 heterocycles. The number of amides is 2. The lowest BCUT2D eigenvalue weighted by Crippen LogP contribution is -2.52. The van der Waals surface area contributed by atoms with E-state index in [1.807, 2.05) is 23.1 Å². The van der Waals surface area contributed by atoms with E-state index in [0.29, 0.717) is 13.1 Å². The Labute approximate surface area is 120 Å². The molecule has 1 aliphatic rings. The molecule has 0 atom stereocenters. The minimum absolute atomic E-state index is 0.0494. The van der Waals surface area contributed by atoms with Gasteiger partial charge in [0, 0.05) is 45.8 Å². The summed E-state index contributed by atoms with van der Waals surface area (Å²) in [5.74, 6) is 0. The molecule has 0 saturated carbocycles. The van der Waals surface area contributed by atoms with Crippen LogP contribution in [-0.4, -0.2) is 61.6 Å². The van der Waals surface area contributed by atoms with Crippen molar-refractivity contribution in [1.29, 1.82) is 0 Å². The van der Waals surface area contributed by atoms with Gasteiger partial charge in [-0.15, -0.1) is 0 Å². The summed E-state index contributed by atoms with van der Waals surface area (Å²) in [5.41, 5.74) is 6.79. The van der Waals surface area contributed by atoms with E-state index >= 15 is 0 Å². The third-order valence-electron chi connectivity index (χ3n) is 3.64. The summed E-state index contributed by atoms with van der Waals surface area (Å²) in [6, 6.07) is 10.3. The average Bonchev–Trinajstić information content (AvgIpc) is 2.49. The highest BCUT2D eigenvalue weighted by Gasteiger charge is 2.19. The number of hydrogen-bond donors (Lipinski definition) is 2. The smallest absolute Gasteiger partial charge is 0.317 e. The quantitative estimate of drug-likeness (QED) is 0.824. The number of nitrogens with two attached hydrogens (primary N) is 1. The Morgan fingerprint density at radius 2 is 1.85 bits per heavy atom. The Morgan fingerprint density at radius 1 is 1.15 bits per heavy atom. The first-order chi connectivity index (χ1) is 9.79. The Morgan fingerprint density at radius 3 is 2.50 bits per heavy atom. The summed E-state index contributed by atoms with van der Waals surface area (Å²) in [6.07, 6.45) is 0.875. The molecule has 1 saturated heterocycles. The highest BCUT2D eigenvalue weighted by atomic mass is 16.2. The lowest BCUT2D eigenvalue weighted by atomic mass is 10.1. The summed E-state index contributed by atoms with van der Waals surface area (Å²) >= 11 is 0. The molecule has 0 spiro atoms. The molecule has 0 aromatic heterocycles.